The summed E-state index contributed by atoms with van der Waals surface area (Å²) in [6.07, 6.45) is 16.5. The molecule has 9 atom stereocenters. The fourth-order valence-corrected chi connectivity index (χ4v) is 14.9. The minimum absolute atomic E-state index is 0.0197. The van der Waals surface area contributed by atoms with E-state index in [0.29, 0.717) is 51.1 Å². The molecule has 0 amide bonds. The SMILES string of the molecule is CCCC1C2CC(CC3=CCNC(=C3)Nc3cc4cc(ccc4cc3Cc3ccccc3)CC(O)CNCC(C)c3c[nH]c(c3)C3(CCCCC3)C1O)CC1C#CC(c3ccccc3)c3cc(O)c(OC)cc3CCC(=O)CC(=O)C1C2. The number of Topliss-reactive ketones (excluding diaryl/α,β-unsaturated/α-hetero) is 2. The first-order valence-corrected chi connectivity index (χ1v) is 30.7. The molecule has 3 heterocycles. The summed E-state index contributed by atoms with van der Waals surface area (Å²) in [6, 6.07) is 37.8. The molecule has 2 fully saturated rings. The summed E-state index contributed by atoms with van der Waals surface area (Å²) >= 11 is 0. The van der Waals surface area contributed by atoms with Crippen LogP contribution in [-0.4, -0.2) is 70.8 Å². The van der Waals surface area contributed by atoms with E-state index in [2.05, 4.69) is 144 Å². The van der Waals surface area contributed by atoms with Crippen LogP contribution in [0, 0.1) is 41.4 Å². The van der Waals surface area contributed by atoms with Crippen molar-refractivity contribution in [1.29, 1.82) is 0 Å². The Balaban J connectivity index is 1.03. The third kappa shape index (κ3) is 12.8. The number of aliphatic hydroxyl groups excluding tert-OH is 2. The number of aryl methyl sites for hydroxylation is 1. The second-order valence-corrected chi connectivity index (χ2v) is 24.9. The number of aliphatic hydroxyl groups is 2. The lowest BCUT2D eigenvalue weighted by molar-refractivity contribution is -0.130. The Morgan fingerprint density at radius 2 is 1.61 bits per heavy atom. The van der Waals surface area contributed by atoms with E-state index in [1.165, 1.54) is 29.4 Å². The van der Waals surface area contributed by atoms with Crippen LogP contribution in [0.1, 0.15) is 154 Å². The van der Waals surface area contributed by atoms with Crippen LogP contribution < -0.4 is 20.7 Å². The molecule has 1 aromatic heterocycles. The number of benzene rings is 5. The van der Waals surface area contributed by atoms with Gasteiger partial charge in [0.15, 0.2) is 11.5 Å². The number of hydrogen-bond acceptors (Lipinski definition) is 9. The van der Waals surface area contributed by atoms with Gasteiger partial charge in [-0.3, -0.25) is 9.59 Å². The maximum atomic E-state index is 15.3. The largest absolute Gasteiger partial charge is 0.504 e. The van der Waals surface area contributed by atoms with Crippen LogP contribution in [0.4, 0.5) is 5.69 Å². The highest BCUT2D eigenvalue weighted by Gasteiger charge is 2.49. The Morgan fingerprint density at radius 3 is 2.40 bits per heavy atom. The van der Waals surface area contributed by atoms with E-state index in [1.54, 1.807) is 6.07 Å². The molecule has 7 N–H and O–H groups in total. The van der Waals surface area contributed by atoms with Crippen molar-refractivity contribution in [3.05, 3.63) is 184 Å². The molecule has 0 saturated heterocycles. The highest BCUT2D eigenvalue weighted by Crippen LogP contribution is 2.51. The number of aromatic nitrogens is 1. The summed E-state index contributed by atoms with van der Waals surface area (Å²) in [4.78, 5) is 33.3. The number of carbonyl (C=O) groups is 2. The number of methoxy groups -OCH3 is 1. The number of anilines is 1. The minimum atomic E-state index is -0.675. The fraction of sp³-hybridized carbons (Fsp3) is 0.444. The molecular weight excluding hydrogens is 1020 g/mol. The minimum Gasteiger partial charge on any atom is -0.504 e. The maximum absolute atomic E-state index is 15.3. The maximum Gasteiger partial charge on any atom is 0.160 e. The number of ketones is 2. The number of H-pyrrole nitrogens is 1. The molecule has 9 bridgehead atoms. The number of allylic oxidation sites excluding steroid dienone is 2. The van der Waals surface area contributed by atoms with Crippen LogP contribution >= 0.6 is 0 Å². The average molecular weight is 1100 g/mol. The number of rotatable bonds is 6. The summed E-state index contributed by atoms with van der Waals surface area (Å²) < 4.78 is 5.60. The quantitative estimate of drug-likeness (QED) is 0.0637. The number of ether oxygens (including phenoxy) is 1. The number of aromatic hydroxyl groups is 1. The number of fused-ring (bicyclic) bond motifs is 10. The predicted octanol–water partition coefficient (Wildman–Crippen LogP) is 12.9. The zero-order valence-electron chi connectivity index (χ0n) is 48.3. The normalized spacial score (nSPS) is 26.3. The van der Waals surface area contributed by atoms with Gasteiger partial charge in [0.2, 0.25) is 0 Å². The van der Waals surface area contributed by atoms with E-state index in [1.807, 2.05) is 24.3 Å². The van der Waals surface area contributed by atoms with Gasteiger partial charge in [-0.2, -0.15) is 0 Å². The first kappa shape index (κ1) is 56.9. The molecule has 6 aromatic rings. The van der Waals surface area contributed by atoms with Gasteiger partial charge in [0.05, 0.1) is 31.7 Å². The van der Waals surface area contributed by atoms with Gasteiger partial charge >= 0.3 is 0 Å². The standard InChI is InChI=1S/C72H84N4O6/c1-4-14-62-56-33-50(32-53-22-24-61(51-17-10-6-11-18-51)63-42-67(80)68(82-3)39-54(63)21-23-59(77)41-66(79)64(53)37-56)29-49-25-28-74-70(35-49)76-65-38-55-31-48(19-20-52(55)36-57(65)30-47-15-8-5-9-16-47)34-60(78)45-73-43-46(2)58-40-69(75-44-58)72(71(62)81)26-12-7-13-27-72/h5-6,8-11,15-20,25,31,35-36,38-40,42,44,46,50,53,56,60-62,64,71,73-76,78,80-81H,4,7,12-14,21,23,26-30,32-34,37,41,43,45H2,1-3H3. The van der Waals surface area contributed by atoms with Crippen LogP contribution in [0.3, 0.4) is 0 Å². The summed E-state index contributed by atoms with van der Waals surface area (Å²) in [6.45, 7) is 6.26. The van der Waals surface area contributed by atoms with Crippen molar-refractivity contribution in [2.24, 2.45) is 29.6 Å². The molecule has 5 aromatic carbocycles. The van der Waals surface area contributed by atoms with Gasteiger partial charge in [-0.1, -0.05) is 136 Å². The third-order valence-corrected chi connectivity index (χ3v) is 19.2. The summed E-state index contributed by atoms with van der Waals surface area (Å²) in [5, 5.41) is 49.8. The van der Waals surface area contributed by atoms with E-state index >= 15 is 4.79 Å². The number of hydrogen-bond donors (Lipinski definition) is 7. The van der Waals surface area contributed by atoms with Gasteiger partial charge in [0, 0.05) is 60.9 Å². The van der Waals surface area contributed by atoms with Crippen molar-refractivity contribution in [2.75, 3.05) is 32.1 Å². The molecule has 428 valence electrons. The van der Waals surface area contributed by atoms with E-state index < -0.39 is 29.5 Å². The Morgan fingerprint density at radius 1 is 0.805 bits per heavy atom. The molecule has 0 radical (unpaired) electrons. The lowest BCUT2D eigenvalue weighted by Crippen LogP contribution is -2.48. The first-order chi connectivity index (χ1) is 39.9. The van der Waals surface area contributed by atoms with Gasteiger partial charge in [-0.05, 0) is 180 Å². The highest BCUT2D eigenvalue weighted by molar-refractivity contribution is 6.00. The fourth-order valence-electron chi connectivity index (χ4n) is 14.9. The van der Waals surface area contributed by atoms with Crippen LogP contribution in [0.15, 0.2) is 139 Å². The van der Waals surface area contributed by atoms with Crippen LogP contribution in [0.2, 0.25) is 0 Å². The number of β-amino-alcohol motifs (C(OH)–C–C–N with tert-alkyl or cyclic N) is 1. The second-order valence-electron chi connectivity index (χ2n) is 24.9. The summed E-state index contributed by atoms with van der Waals surface area (Å²) in [5.74, 6) is 7.54. The number of aromatic amines is 1. The van der Waals surface area contributed by atoms with Crippen LogP contribution in [-0.2, 0) is 34.3 Å². The summed E-state index contributed by atoms with van der Waals surface area (Å²) in [5.41, 5.74) is 10.2. The molecule has 9 unspecified atom stereocenters. The Kier molecular flexibility index (Phi) is 17.9. The van der Waals surface area contributed by atoms with Gasteiger partial charge in [0.25, 0.3) is 0 Å². The number of dihydropyridines is 1. The van der Waals surface area contributed by atoms with Crippen LogP contribution in [0.25, 0.3) is 10.8 Å². The predicted molar refractivity (Wildman–Crippen MR) is 328 cm³/mol. The lowest BCUT2D eigenvalue weighted by Gasteiger charge is -2.46. The second kappa shape index (κ2) is 25.7. The van der Waals surface area contributed by atoms with Crippen molar-refractivity contribution in [2.45, 2.75) is 146 Å². The Labute approximate surface area is 485 Å². The smallest absolute Gasteiger partial charge is 0.160 e. The number of carbonyl (C=O) groups excluding carboxylic acids is 2. The lowest BCUT2D eigenvalue weighted by atomic mass is 9.61. The first-order valence-electron chi connectivity index (χ1n) is 30.7. The molecule has 10 heteroatoms. The molecule has 2 aliphatic heterocycles. The molecular formula is C72H84N4O6. The topological polar surface area (TPSA) is 156 Å². The van der Waals surface area contributed by atoms with E-state index in [0.717, 1.165) is 114 Å². The molecule has 5 aliphatic rings. The summed E-state index contributed by atoms with van der Waals surface area (Å²) in [7, 11) is 1.53. The van der Waals surface area contributed by atoms with Crippen LogP contribution in [0.5, 0.6) is 11.5 Å². The Hall–Kier alpha value is -6.90. The third-order valence-electron chi connectivity index (χ3n) is 19.2. The van der Waals surface area contributed by atoms with Crippen molar-refractivity contribution in [3.63, 3.8) is 0 Å². The molecule has 82 heavy (non-hydrogen) atoms. The van der Waals surface area contributed by atoms with Crippen molar-refractivity contribution in [3.8, 4) is 23.3 Å². The monoisotopic (exact) mass is 1100 g/mol. The Bertz CT molecular complexity index is 3340. The van der Waals surface area contributed by atoms with Crippen molar-refractivity contribution < 1.29 is 29.6 Å². The van der Waals surface area contributed by atoms with Crippen molar-refractivity contribution in [1.82, 2.24) is 15.6 Å². The molecule has 11 rings (SSSR count). The van der Waals surface area contributed by atoms with Crippen molar-refractivity contribution >= 4 is 28.0 Å². The molecule has 3 aliphatic carbocycles. The molecule has 10 nitrogen and oxygen atoms in total. The molecule has 2 saturated carbocycles. The van der Waals surface area contributed by atoms with Gasteiger partial charge in [-0.15, -0.1) is 0 Å². The number of phenolic OH excluding ortho intramolecular Hbond substituents is 1. The average Bonchev–Trinajstić information content (AvgIpc) is 3.70. The van der Waals surface area contributed by atoms with Gasteiger partial charge in [0.1, 0.15) is 17.4 Å². The highest BCUT2D eigenvalue weighted by atomic mass is 16.5. The van der Waals surface area contributed by atoms with Gasteiger partial charge in [-0.25, -0.2) is 0 Å². The van der Waals surface area contributed by atoms with Gasteiger partial charge < -0.3 is 41.0 Å². The number of phenols is 1. The number of nitrogens with one attached hydrogen (secondary N) is 4. The van der Waals surface area contributed by atoms with E-state index in [4.69, 9.17) is 4.74 Å². The zero-order valence-corrected chi connectivity index (χ0v) is 48.3. The van der Waals surface area contributed by atoms with E-state index in [-0.39, 0.29) is 59.7 Å². The molecule has 1 spiro atoms. The van der Waals surface area contributed by atoms with E-state index in [9.17, 15) is 20.1 Å². The zero-order chi connectivity index (χ0) is 56.7.